The Hall–Kier alpha value is -2.70. The van der Waals surface area contributed by atoms with Crippen LogP contribution in [0.2, 0.25) is 0 Å². The number of pyridine rings is 1. The molecule has 3 heterocycles. The summed E-state index contributed by atoms with van der Waals surface area (Å²) in [6, 6.07) is 3.12. The first-order valence-electron chi connectivity index (χ1n) is 7.95. The molecule has 1 amide bonds. The normalized spacial score (nSPS) is 20.8. The minimum Gasteiger partial charge on any atom is -0.478 e. The van der Waals surface area contributed by atoms with Crippen molar-refractivity contribution >= 4 is 11.9 Å². The molecule has 7 heteroatoms. The van der Waals surface area contributed by atoms with Crippen molar-refractivity contribution in [1.82, 2.24) is 19.4 Å². The van der Waals surface area contributed by atoms with Gasteiger partial charge in [0.05, 0.1) is 23.6 Å². The van der Waals surface area contributed by atoms with E-state index in [1.54, 1.807) is 24.3 Å². The molecular formula is C17H20N4O3. The van der Waals surface area contributed by atoms with E-state index in [1.165, 1.54) is 12.1 Å². The number of amides is 1. The Kier molecular flexibility index (Phi) is 4.33. The number of carbonyl (C=O) groups is 2. The zero-order chi connectivity index (χ0) is 17.3. The van der Waals surface area contributed by atoms with Crippen molar-refractivity contribution in [3.8, 4) is 0 Å². The lowest BCUT2D eigenvalue weighted by atomic mass is 9.93. The van der Waals surface area contributed by atoms with E-state index >= 15 is 0 Å². The summed E-state index contributed by atoms with van der Waals surface area (Å²) in [5.74, 6) is -0.745. The topological polar surface area (TPSA) is 88.3 Å². The van der Waals surface area contributed by atoms with Crippen LogP contribution in [-0.4, -0.2) is 49.5 Å². The van der Waals surface area contributed by atoms with Gasteiger partial charge in [-0.2, -0.15) is 0 Å². The van der Waals surface area contributed by atoms with Gasteiger partial charge in [0, 0.05) is 25.5 Å². The van der Waals surface area contributed by atoms with Crippen LogP contribution in [0.3, 0.4) is 0 Å². The molecule has 24 heavy (non-hydrogen) atoms. The number of carbonyl (C=O) groups excluding carboxylic acids is 1. The Morgan fingerprint density at radius 3 is 2.75 bits per heavy atom. The molecule has 1 aliphatic rings. The number of rotatable bonds is 3. The van der Waals surface area contributed by atoms with E-state index in [4.69, 9.17) is 5.11 Å². The minimum absolute atomic E-state index is 0.120. The average molecular weight is 328 g/mol. The van der Waals surface area contributed by atoms with Gasteiger partial charge in [-0.3, -0.25) is 4.79 Å². The van der Waals surface area contributed by atoms with Gasteiger partial charge in [0.1, 0.15) is 5.69 Å². The van der Waals surface area contributed by atoms with Crippen molar-refractivity contribution in [2.45, 2.75) is 26.3 Å². The van der Waals surface area contributed by atoms with E-state index in [0.717, 1.165) is 6.42 Å². The Balaban J connectivity index is 1.80. The second-order valence-electron chi connectivity index (χ2n) is 6.23. The Labute approximate surface area is 140 Å². The molecule has 126 valence electrons. The van der Waals surface area contributed by atoms with Crippen LogP contribution in [0.25, 0.3) is 0 Å². The maximum Gasteiger partial charge on any atom is 0.337 e. The molecule has 2 aromatic heterocycles. The minimum atomic E-state index is -1.04. The van der Waals surface area contributed by atoms with Crippen LogP contribution in [-0.2, 0) is 0 Å². The number of aromatic nitrogens is 3. The first kappa shape index (κ1) is 16.2. The second kappa shape index (κ2) is 6.43. The van der Waals surface area contributed by atoms with Gasteiger partial charge >= 0.3 is 5.97 Å². The highest BCUT2D eigenvalue weighted by Gasteiger charge is 2.31. The number of likely N-dealkylation sites (tertiary alicyclic amines) is 1. The number of nitrogens with zero attached hydrogens (tertiary/aromatic N) is 4. The van der Waals surface area contributed by atoms with E-state index in [2.05, 4.69) is 16.9 Å². The van der Waals surface area contributed by atoms with Crippen molar-refractivity contribution in [1.29, 1.82) is 0 Å². The van der Waals surface area contributed by atoms with Crippen molar-refractivity contribution in [2.24, 2.45) is 5.92 Å². The van der Waals surface area contributed by atoms with E-state index in [-0.39, 0.29) is 23.2 Å². The molecule has 7 nitrogen and oxygen atoms in total. The van der Waals surface area contributed by atoms with Crippen molar-refractivity contribution < 1.29 is 14.7 Å². The fourth-order valence-electron chi connectivity index (χ4n) is 3.16. The van der Waals surface area contributed by atoms with Gasteiger partial charge in [-0.05, 0) is 31.4 Å². The number of carboxylic acid groups (broad SMARTS) is 1. The van der Waals surface area contributed by atoms with Gasteiger partial charge in [-0.1, -0.05) is 6.92 Å². The summed E-state index contributed by atoms with van der Waals surface area (Å²) < 4.78 is 2.04. The molecule has 0 radical (unpaired) electrons. The van der Waals surface area contributed by atoms with Crippen molar-refractivity contribution in [3.05, 3.63) is 47.8 Å². The smallest absolute Gasteiger partial charge is 0.337 e. The predicted octanol–water partition coefficient (Wildman–Crippen LogP) is 2.01. The average Bonchev–Trinajstić information content (AvgIpc) is 3.08. The molecule has 1 saturated heterocycles. The lowest BCUT2D eigenvalue weighted by molar-refractivity contribution is 0.0612. The molecule has 2 unspecified atom stereocenters. The number of aryl methyl sites for hydroxylation is 1. The first-order valence-corrected chi connectivity index (χ1v) is 7.95. The molecule has 3 rings (SSSR count). The van der Waals surface area contributed by atoms with Crippen molar-refractivity contribution in [2.75, 3.05) is 13.1 Å². The van der Waals surface area contributed by atoms with Gasteiger partial charge in [0.15, 0.2) is 0 Å². The highest BCUT2D eigenvalue weighted by molar-refractivity contribution is 5.94. The number of aromatic carboxylic acids is 1. The molecule has 0 aromatic carbocycles. The number of hydrogen-bond acceptors (Lipinski definition) is 4. The van der Waals surface area contributed by atoms with Gasteiger partial charge in [0.2, 0.25) is 0 Å². The van der Waals surface area contributed by atoms with Crippen LogP contribution < -0.4 is 0 Å². The summed E-state index contributed by atoms with van der Waals surface area (Å²) in [7, 11) is 0. The third kappa shape index (κ3) is 3.02. The third-order valence-corrected chi connectivity index (χ3v) is 4.65. The molecule has 2 atom stereocenters. The fraction of sp³-hybridized carbons (Fsp3) is 0.412. The quantitative estimate of drug-likeness (QED) is 0.931. The van der Waals surface area contributed by atoms with Gasteiger partial charge in [-0.15, -0.1) is 0 Å². The molecule has 0 spiro atoms. The van der Waals surface area contributed by atoms with Gasteiger partial charge < -0.3 is 14.6 Å². The van der Waals surface area contributed by atoms with Crippen LogP contribution in [0, 0.1) is 12.8 Å². The lowest BCUT2D eigenvalue weighted by Crippen LogP contribution is -2.44. The van der Waals surface area contributed by atoms with Crippen LogP contribution in [0.15, 0.2) is 30.9 Å². The molecule has 2 aromatic rings. The first-order chi connectivity index (χ1) is 11.5. The molecule has 0 bridgehead atoms. The molecular weight excluding hydrogens is 308 g/mol. The van der Waals surface area contributed by atoms with E-state index in [0.29, 0.717) is 24.7 Å². The molecule has 0 aliphatic carbocycles. The van der Waals surface area contributed by atoms with Crippen LogP contribution in [0.4, 0.5) is 0 Å². The Morgan fingerprint density at radius 2 is 2.12 bits per heavy atom. The largest absolute Gasteiger partial charge is 0.478 e. The fourth-order valence-corrected chi connectivity index (χ4v) is 3.16. The number of imidazole rings is 1. The Bertz CT molecular complexity index is 757. The van der Waals surface area contributed by atoms with E-state index < -0.39 is 5.97 Å². The predicted molar refractivity (Wildman–Crippen MR) is 86.9 cm³/mol. The maximum absolute atomic E-state index is 12.7. The summed E-state index contributed by atoms with van der Waals surface area (Å²) in [6.45, 7) is 5.05. The van der Waals surface area contributed by atoms with Crippen LogP contribution in [0.5, 0.6) is 0 Å². The molecule has 1 aliphatic heterocycles. The van der Waals surface area contributed by atoms with E-state index in [1.807, 2.05) is 10.8 Å². The molecule has 0 saturated carbocycles. The zero-order valence-electron chi connectivity index (χ0n) is 13.7. The summed E-state index contributed by atoms with van der Waals surface area (Å²) in [6.07, 6.45) is 6.34. The number of carboxylic acids is 1. The molecule has 1 fully saturated rings. The van der Waals surface area contributed by atoms with Crippen LogP contribution >= 0.6 is 0 Å². The zero-order valence-corrected chi connectivity index (χ0v) is 13.7. The van der Waals surface area contributed by atoms with Crippen molar-refractivity contribution in [3.63, 3.8) is 0 Å². The summed E-state index contributed by atoms with van der Waals surface area (Å²) in [4.78, 5) is 33.9. The Morgan fingerprint density at radius 1 is 1.33 bits per heavy atom. The summed E-state index contributed by atoms with van der Waals surface area (Å²) >= 11 is 0. The molecule has 1 N–H and O–H groups in total. The third-order valence-electron chi connectivity index (χ3n) is 4.65. The summed E-state index contributed by atoms with van der Waals surface area (Å²) in [5, 5.41) is 9.07. The SMILES string of the molecule is Cc1nc(C(=O)N2CCC(C)C(n3ccnc3)C2)ccc1C(=O)O. The van der Waals surface area contributed by atoms with Gasteiger partial charge in [0.25, 0.3) is 5.91 Å². The standard InChI is InChI=1S/C17H20N4O3/c1-11-5-7-20(9-15(11)21-8-6-18-10-21)16(22)14-4-3-13(17(23)24)12(2)19-14/h3-4,6,8,10-11,15H,5,7,9H2,1-2H3,(H,23,24). The monoisotopic (exact) mass is 328 g/mol. The number of piperidine rings is 1. The highest BCUT2D eigenvalue weighted by atomic mass is 16.4. The maximum atomic E-state index is 12.7. The van der Waals surface area contributed by atoms with Crippen LogP contribution in [0.1, 0.15) is 45.9 Å². The second-order valence-corrected chi connectivity index (χ2v) is 6.23. The number of hydrogen-bond donors (Lipinski definition) is 1. The van der Waals surface area contributed by atoms with Gasteiger partial charge in [-0.25, -0.2) is 14.8 Å². The van der Waals surface area contributed by atoms with E-state index in [9.17, 15) is 9.59 Å². The lowest BCUT2D eigenvalue weighted by Gasteiger charge is -2.37. The highest BCUT2D eigenvalue weighted by Crippen LogP contribution is 2.28. The summed E-state index contributed by atoms with van der Waals surface area (Å²) in [5.41, 5.74) is 0.761.